The first-order chi connectivity index (χ1) is 19.9. The fourth-order valence-electron chi connectivity index (χ4n) is 8.82. The minimum absolute atomic E-state index is 0.0204. The highest BCUT2D eigenvalue weighted by atomic mass is 16.6. The summed E-state index contributed by atoms with van der Waals surface area (Å²) >= 11 is 0. The lowest BCUT2D eigenvalue weighted by Crippen LogP contribution is -2.62. The Morgan fingerprint density at radius 3 is 2.55 bits per heavy atom. The second kappa shape index (κ2) is 11.5. The number of aliphatic hydroxyl groups is 3. The van der Waals surface area contributed by atoms with Crippen LogP contribution in [0.3, 0.4) is 0 Å². The smallest absolute Gasteiger partial charge is 0.326 e. The van der Waals surface area contributed by atoms with E-state index in [0.717, 1.165) is 24.8 Å². The lowest BCUT2D eigenvalue weighted by atomic mass is 9.45. The number of carbonyl (C=O) groups excluding carboxylic acids is 2. The number of carboxylic acids is 1. The van der Waals surface area contributed by atoms with Gasteiger partial charge in [-0.2, -0.15) is 0 Å². The lowest BCUT2D eigenvalue weighted by molar-refractivity contribution is -0.181. The van der Waals surface area contributed by atoms with Crippen LogP contribution in [0.5, 0.6) is 0 Å². The molecule has 1 aromatic rings. The molecule has 1 aromatic carbocycles. The molecule has 0 unspecified atom stereocenters. The number of hydrogen-bond donors (Lipinski definition) is 5. The zero-order valence-corrected chi connectivity index (χ0v) is 24.3. The highest BCUT2D eigenvalue weighted by Crippen LogP contribution is 2.67. The number of carboxylic acid groups (broad SMARTS) is 1. The average molecular weight is 583 g/mol. The van der Waals surface area contributed by atoms with Crippen LogP contribution in [0.2, 0.25) is 0 Å². The van der Waals surface area contributed by atoms with Gasteiger partial charge in [-0.3, -0.25) is 9.59 Å². The fourth-order valence-corrected chi connectivity index (χ4v) is 8.82. The normalized spacial score (nSPS) is 37.1. The number of nitrogens with zero attached hydrogens (tertiary/aromatic N) is 1. The molecule has 3 saturated carbocycles. The first kappa shape index (κ1) is 30.4. The summed E-state index contributed by atoms with van der Waals surface area (Å²) in [5.74, 6) is -2.04. The molecule has 0 radical (unpaired) electrons. The van der Waals surface area contributed by atoms with E-state index in [1.54, 1.807) is 12.1 Å². The number of aliphatic hydroxyl groups excluding tert-OH is 2. The number of nitrogens with one attached hydrogen (secondary N) is 1. The Hall–Kier alpha value is -3.08. The topological polar surface area (TPSA) is 166 Å². The molecule has 10 nitrogen and oxygen atoms in total. The predicted molar refractivity (Wildman–Crippen MR) is 153 cm³/mol. The van der Waals surface area contributed by atoms with Gasteiger partial charge in [0.1, 0.15) is 18.2 Å². The number of carbonyl (C=O) groups is 3. The summed E-state index contributed by atoms with van der Waals surface area (Å²) in [7, 11) is 0. The van der Waals surface area contributed by atoms with Crippen LogP contribution in [0.15, 0.2) is 47.1 Å². The van der Waals surface area contributed by atoms with Crippen molar-refractivity contribution in [2.45, 2.75) is 83.0 Å². The van der Waals surface area contributed by atoms with Gasteiger partial charge in [-0.15, -0.1) is 0 Å². The van der Waals surface area contributed by atoms with Crippen molar-refractivity contribution in [2.24, 2.45) is 33.7 Å². The van der Waals surface area contributed by atoms with Gasteiger partial charge in [-0.25, -0.2) is 4.79 Å². The Kier molecular flexibility index (Phi) is 8.35. The molecule has 3 fully saturated rings. The van der Waals surface area contributed by atoms with Crippen molar-refractivity contribution in [3.05, 3.63) is 47.5 Å². The van der Waals surface area contributed by atoms with Gasteiger partial charge in [0.25, 0.3) is 5.91 Å². The maximum Gasteiger partial charge on any atom is 0.326 e. The molecule has 0 saturated heterocycles. The van der Waals surface area contributed by atoms with E-state index < -0.39 is 54.0 Å². The van der Waals surface area contributed by atoms with Crippen LogP contribution in [0.4, 0.5) is 0 Å². The molecule has 0 aromatic heterocycles. The SMILES string of the molecule is C[C@]12CCC(=NOCC(=O)N[C@H](Cc3ccccc3)C(=O)O)C=C1CC[C@H]1[C@@H]2[C@H](O)C[C@]2(C)[C@@H]1CC[C@]2(O)C(=O)CO. The Bertz CT molecular complexity index is 1280. The van der Waals surface area contributed by atoms with Crippen molar-refractivity contribution in [3.8, 4) is 0 Å². The third-order valence-electron chi connectivity index (χ3n) is 11.0. The summed E-state index contributed by atoms with van der Waals surface area (Å²) in [6, 6.07) is 7.99. The van der Waals surface area contributed by atoms with Crippen molar-refractivity contribution >= 4 is 23.4 Å². The predicted octanol–water partition coefficient (Wildman–Crippen LogP) is 2.40. The van der Waals surface area contributed by atoms with Gasteiger partial charge in [0.15, 0.2) is 12.4 Å². The van der Waals surface area contributed by atoms with Gasteiger partial charge >= 0.3 is 5.97 Å². The molecule has 4 aliphatic rings. The van der Waals surface area contributed by atoms with Crippen LogP contribution in [-0.2, 0) is 25.6 Å². The summed E-state index contributed by atoms with van der Waals surface area (Å²) in [6.07, 6.45) is 5.74. The van der Waals surface area contributed by atoms with Crippen molar-refractivity contribution in [1.82, 2.24) is 5.32 Å². The third kappa shape index (κ3) is 5.18. The molecule has 5 rings (SSSR count). The fraction of sp³-hybridized carbons (Fsp3) is 0.625. The first-order valence-electron chi connectivity index (χ1n) is 14.9. The molecule has 4 aliphatic carbocycles. The molecule has 10 heteroatoms. The molecule has 0 spiro atoms. The van der Waals surface area contributed by atoms with E-state index in [9.17, 15) is 34.8 Å². The number of hydrogen-bond acceptors (Lipinski definition) is 8. The maximum atomic E-state index is 12.6. The molecule has 0 aliphatic heterocycles. The van der Waals surface area contributed by atoms with Crippen LogP contribution < -0.4 is 5.32 Å². The summed E-state index contributed by atoms with van der Waals surface area (Å²) < 4.78 is 0. The second-order valence-corrected chi connectivity index (χ2v) is 13.1. The van der Waals surface area contributed by atoms with Crippen LogP contribution >= 0.6 is 0 Å². The minimum atomic E-state index is -1.61. The monoisotopic (exact) mass is 582 g/mol. The number of fused-ring (bicyclic) bond motifs is 5. The molecular formula is C32H42N2O8. The highest BCUT2D eigenvalue weighted by molar-refractivity contribution is 5.96. The molecule has 228 valence electrons. The second-order valence-electron chi connectivity index (χ2n) is 13.1. The highest BCUT2D eigenvalue weighted by Gasteiger charge is 2.68. The van der Waals surface area contributed by atoms with Crippen LogP contribution in [0.25, 0.3) is 0 Å². The van der Waals surface area contributed by atoms with Crippen molar-refractivity contribution < 1.29 is 39.6 Å². The molecule has 5 N–H and O–H groups in total. The summed E-state index contributed by atoms with van der Waals surface area (Å²) in [6.45, 7) is 2.99. The van der Waals surface area contributed by atoms with Crippen LogP contribution in [0, 0.1) is 28.6 Å². The standard InChI is InChI=1S/C32H42N2O8/c1-30-12-10-21(34-42-18-27(38)33-24(29(39)40)14-19-6-4-3-5-7-19)15-20(30)8-9-22-23-11-13-32(41,26(37)17-35)31(23,2)16-25(36)28(22)30/h3-7,15,22-25,28,35-36,41H,8-14,16-18H2,1-2H3,(H,33,38)(H,39,40)/t22-,23-,24-,25-,28-,30+,31-,32+/m1/s1. The molecule has 1 amide bonds. The van der Waals surface area contributed by atoms with E-state index >= 15 is 0 Å². The zero-order chi connectivity index (χ0) is 30.3. The summed E-state index contributed by atoms with van der Waals surface area (Å²) in [5, 5.41) is 48.7. The molecule has 42 heavy (non-hydrogen) atoms. The van der Waals surface area contributed by atoms with Crippen LogP contribution in [-0.4, -0.2) is 74.8 Å². The number of oxime groups is 1. The zero-order valence-electron chi connectivity index (χ0n) is 24.3. The molecule has 0 heterocycles. The largest absolute Gasteiger partial charge is 0.480 e. The first-order valence-corrected chi connectivity index (χ1v) is 14.9. The van der Waals surface area contributed by atoms with E-state index in [-0.39, 0.29) is 29.6 Å². The third-order valence-corrected chi connectivity index (χ3v) is 11.0. The summed E-state index contributed by atoms with van der Waals surface area (Å²) in [4.78, 5) is 42.0. The van der Waals surface area contributed by atoms with E-state index in [2.05, 4.69) is 17.4 Å². The summed E-state index contributed by atoms with van der Waals surface area (Å²) in [5.41, 5.74) is 0.0184. The van der Waals surface area contributed by atoms with Crippen LogP contribution in [0.1, 0.15) is 64.4 Å². The average Bonchev–Trinajstić information content (AvgIpc) is 3.23. The van der Waals surface area contributed by atoms with Crippen molar-refractivity contribution in [1.29, 1.82) is 0 Å². The van der Waals surface area contributed by atoms with Gasteiger partial charge in [-0.1, -0.05) is 54.9 Å². The maximum absolute atomic E-state index is 12.6. The number of amides is 1. The number of allylic oxidation sites excluding steroid dienone is 2. The number of ketones is 1. The van der Waals surface area contributed by atoms with Crippen molar-refractivity contribution in [3.63, 3.8) is 0 Å². The molecular weight excluding hydrogens is 540 g/mol. The molecule has 8 atom stereocenters. The number of Topliss-reactive ketones (excluding diaryl/α,β-unsaturated/α-hetero) is 1. The van der Waals surface area contributed by atoms with E-state index in [1.807, 2.05) is 31.2 Å². The van der Waals surface area contributed by atoms with Gasteiger partial charge in [0.2, 0.25) is 0 Å². The Morgan fingerprint density at radius 2 is 1.86 bits per heavy atom. The Morgan fingerprint density at radius 1 is 1.12 bits per heavy atom. The quantitative estimate of drug-likeness (QED) is 0.277. The van der Waals surface area contributed by atoms with Gasteiger partial charge in [0.05, 0.1) is 11.8 Å². The van der Waals surface area contributed by atoms with E-state index in [1.165, 1.54) is 5.57 Å². The minimum Gasteiger partial charge on any atom is -0.480 e. The number of benzene rings is 1. The van der Waals surface area contributed by atoms with Crippen molar-refractivity contribution in [2.75, 3.05) is 13.2 Å². The van der Waals surface area contributed by atoms with Gasteiger partial charge in [0, 0.05) is 11.8 Å². The number of aliphatic carboxylic acids is 1. The van der Waals surface area contributed by atoms with Gasteiger partial charge in [-0.05, 0) is 79.8 Å². The Labute approximate surface area is 245 Å². The number of rotatable bonds is 9. The Balaban J connectivity index is 1.23. The van der Waals surface area contributed by atoms with E-state index in [4.69, 9.17) is 4.84 Å². The van der Waals surface area contributed by atoms with E-state index in [0.29, 0.717) is 31.4 Å². The van der Waals surface area contributed by atoms with Gasteiger partial charge < -0.3 is 30.6 Å². The molecule has 0 bridgehead atoms. The lowest BCUT2D eigenvalue weighted by Gasteiger charge is -2.60.